The average molecular weight is 371 g/mol. The van der Waals surface area contributed by atoms with Crippen LogP contribution in [0.5, 0.6) is 11.5 Å². The van der Waals surface area contributed by atoms with Crippen LogP contribution < -0.4 is 9.47 Å². The Bertz CT molecular complexity index is 853. The van der Waals surface area contributed by atoms with Gasteiger partial charge in [0.1, 0.15) is 11.5 Å². The van der Waals surface area contributed by atoms with Crippen LogP contribution in [0, 0.1) is 6.92 Å². The molecule has 0 saturated carbocycles. The van der Waals surface area contributed by atoms with E-state index in [0.717, 1.165) is 20.8 Å². The van der Waals surface area contributed by atoms with Crippen LogP contribution >= 0.6 is 15.9 Å². The Morgan fingerprint density at radius 2 is 1.78 bits per heavy atom. The maximum absolute atomic E-state index is 12.0. The van der Waals surface area contributed by atoms with Crippen molar-refractivity contribution in [3.8, 4) is 11.5 Å². The maximum atomic E-state index is 12.0. The first-order chi connectivity index (χ1) is 11.1. The van der Waals surface area contributed by atoms with Gasteiger partial charge in [-0.2, -0.15) is 0 Å². The molecule has 0 radical (unpaired) electrons. The number of aryl methyl sites for hydroxylation is 1. The van der Waals surface area contributed by atoms with Crippen molar-refractivity contribution < 1.29 is 14.3 Å². The van der Waals surface area contributed by atoms with Crippen LogP contribution in [-0.2, 0) is 4.79 Å². The molecule has 116 valence electrons. The van der Waals surface area contributed by atoms with E-state index in [1.807, 2.05) is 61.5 Å². The number of carbonyl (C=O) groups excluding carboxylic acids is 1. The lowest BCUT2D eigenvalue weighted by molar-refractivity contribution is -0.136. The van der Waals surface area contributed by atoms with Crippen LogP contribution in [0.25, 0.3) is 10.8 Å². The van der Waals surface area contributed by atoms with Gasteiger partial charge in [-0.1, -0.05) is 42.5 Å². The molecule has 0 aromatic heterocycles. The van der Waals surface area contributed by atoms with Gasteiger partial charge in [0.05, 0.1) is 4.47 Å². The molecule has 0 spiro atoms. The maximum Gasteiger partial charge on any atom is 0.349 e. The van der Waals surface area contributed by atoms with Crippen LogP contribution in [0.2, 0.25) is 0 Å². The van der Waals surface area contributed by atoms with Gasteiger partial charge in [-0.25, -0.2) is 4.79 Å². The number of benzene rings is 3. The molecular weight excluding hydrogens is 356 g/mol. The number of hydrogen-bond donors (Lipinski definition) is 0. The van der Waals surface area contributed by atoms with Gasteiger partial charge in [-0.15, -0.1) is 0 Å². The summed E-state index contributed by atoms with van der Waals surface area (Å²) in [4.78, 5) is 12.0. The Balaban J connectivity index is 1.69. The Labute approximate surface area is 143 Å². The monoisotopic (exact) mass is 370 g/mol. The summed E-state index contributed by atoms with van der Waals surface area (Å²) in [7, 11) is 0. The molecule has 3 rings (SSSR count). The van der Waals surface area contributed by atoms with E-state index >= 15 is 0 Å². The highest BCUT2D eigenvalue weighted by molar-refractivity contribution is 9.10. The summed E-state index contributed by atoms with van der Waals surface area (Å²) in [6.07, 6.45) is 0. The van der Waals surface area contributed by atoms with Gasteiger partial charge >= 0.3 is 5.97 Å². The summed E-state index contributed by atoms with van der Waals surface area (Å²) in [5.74, 6) is 0.721. The largest absolute Gasteiger partial charge is 0.481 e. The second kappa shape index (κ2) is 6.84. The van der Waals surface area contributed by atoms with E-state index in [1.165, 1.54) is 0 Å². The fourth-order valence-corrected chi connectivity index (χ4v) is 2.90. The lowest BCUT2D eigenvalue weighted by Gasteiger charge is -2.10. The molecule has 4 heteroatoms. The normalized spacial score (nSPS) is 10.5. The summed E-state index contributed by atoms with van der Waals surface area (Å²) in [5.41, 5.74) is 1.11. The van der Waals surface area contributed by atoms with E-state index < -0.39 is 5.97 Å². The molecule has 0 N–H and O–H groups in total. The molecule has 3 aromatic rings. The molecule has 23 heavy (non-hydrogen) atoms. The Kier molecular flexibility index (Phi) is 4.63. The molecule has 0 amide bonds. The van der Waals surface area contributed by atoms with E-state index in [4.69, 9.17) is 9.47 Å². The number of esters is 1. The Morgan fingerprint density at radius 3 is 2.61 bits per heavy atom. The van der Waals surface area contributed by atoms with Crippen LogP contribution in [0.3, 0.4) is 0 Å². The van der Waals surface area contributed by atoms with Crippen LogP contribution in [0.15, 0.2) is 65.1 Å². The van der Waals surface area contributed by atoms with Crippen molar-refractivity contribution in [3.63, 3.8) is 0 Å². The van der Waals surface area contributed by atoms with Crippen LogP contribution in [-0.4, -0.2) is 12.6 Å². The third-order valence-electron chi connectivity index (χ3n) is 3.41. The van der Waals surface area contributed by atoms with Crippen molar-refractivity contribution in [1.82, 2.24) is 0 Å². The summed E-state index contributed by atoms with van der Waals surface area (Å²) in [5, 5.41) is 1.93. The molecule has 0 heterocycles. The van der Waals surface area contributed by atoms with E-state index in [1.54, 1.807) is 6.07 Å². The number of ether oxygens (including phenoxy) is 2. The fourth-order valence-electron chi connectivity index (χ4n) is 2.30. The van der Waals surface area contributed by atoms with E-state index in [-0.39, 0.29) is 6.61 Å². The minimum absolute atomic E-state index is 0.148. The minimum atomic E-state index is -0.436. The lowest BCUT2D eigenvalue weighted by Crippen LogP contribution is -2.18. The summed E-state index contributed by atoms with van der Waals surface area (Å²) < 4.78 is 11.8. The van der Waals surface area contributed by atoms with Crippen molar-refractivity contribution in [2.75, 3.05) is 6.61 Å². The van der Waals surface area contributed by atoms with Gasteiger partial charge < -0.3 is 9.47 Å². The highest BCUT2D eigenvalue weighted by Crippen LogP contribution is 2.27. The smallest absolute Gasteiger partial charge is 0.349 e. The second-order valence-corrected chi connectivity index (χ2v) is 6.03. The molecular formula is C19H15BrO3. The fraction of sp³-hybridized carbons (Fsp3) is 0.105. The van der Waals surface area contributed by atoms with Gasteiger partial charge in [0.15, 0.2) is 6.61 Å². The predicted octanol–water partition coefficient (Wildman–Crippen LogP) is 4.90. The molecule has 3 nitrogen and oxygen atoms in total. The molecule has 3 aromatic carbocycles. The third kappa shape index (κ3) is 3.71. The molecule has 0 aliphatic rings. The average Bonchev–Trinajstić information content (AvgIpc) is 2.54. The van der Waals surface area contributed by atoms with Gasteiger partial charge in [0.25, 0.3) is 0 Å². The van der Waals surface area contributed by atoms with E-state index in [2.05, 4.69) is 15.9 Å². The number of halogens is 1. The number of fused-ring (bicyclic) bond motifs is 1. The first-order valence-corrected chi connectivity index (χ1v) is 8.00. The van der Waals surface area contributed by atoms with Crippen LogP contribution in [0.1, 0.15) is 5.56 Å². The summed E-state index contributed by atoms with van der Waals surface area (Å²) >= 11 is 3.42. The Hall–Kier alpha value is -2.33. The summed E-state index contributed by atoms with van der Waals surface area (Å²) in [6.45, 7) is 1.84. The van der Waals surface area contributed by atoms with Crippen LogP contribution in [0.4, 0.5) is 0 Å². The van der Waals surface area contributed by atoms with Crippen molar-refractivity contribution in [2.24, 2.45) is 0 Å². The molecule has 0 saturated heterocycles. The first-order valence-electron chi connectivity index (χ1n) is 7.21. The minimum Gasteiger partial charge on any atom is -0.481 e. The number of hydrogen-bond acceptors (Lipinski definition) is 3. The number of carbonyl (C=O) groups is 1. The van der Waals surface area contributed by atoms with Gasteiger partial charge in [0, 0.05) is 5.39 Å². The van der Waals surface area contributed by atoms with Crippen molar-refractivity contribution in [1.29, 1.82) is 0 Å². The first kappa shape index (κ1) is 15.6. The van der Waals surface area contributed by atoms with Gasteiger partial charge in [-0.05, 0) is 52.0 Å². The SMILES string of the molecule is Cc1ccc(OCC(=O)Oc2cccc3ccccc23)c(Br)c1. The zero-order valence-electron chi connectivity index (χ0n) is 12.6. The molecule has 0 bridgehead atoms. The standard InChI is InChI=1S/C19H15BrO3/c1-13-9-10-18(16(20)11-13)22-12-19(21)23-17-8-4-6-14-5-2-3-7-15(14)17/h2-11H,12H2,1H3. The van der Waals surface area contributed by atoms with E-state index in [0.29, 0.717) is 11.5 Å². The molecule has 0 unspecified atom stereocenters. The molecule has 0 fully saturated rings. The quantitative estimate of drug-likeness (QED) is 0.484. The van der Waals surface area contributed by atoms with Gasteiger partial charge in [0.2, 0.25) is 0 Å². The highest BCUT2D eigenvalue weighted by atomic mass is 79.9. The van der Waals surface area contributed by atoms with E-state index in [9.17, 15) is 4.79 Å². The predicted molar refractivity (Wildman–Crippen MR) is 94.0 cm³/mol. The lowest BCUT2D eigenvalue weighted by atomic mass is 10.1. The highest BCUT2D eigenvalue weighted by Gasteiger charge is 2.10. The zero-order valence-corrected chi connectivity index (χ0v) is 14.2. The topological polar surface area (TPSA) is 35.5 Å². The zero-order chi connectivity index (χ0) is 16.2. The van der Waals surface area contributed by atoms with Gasteiger partial charge in [-0.3, -0.25) is 0 Å². The third-order valence-corrected chi connectivity index (χ3v) is 4.03. The molecule has 0 aliphatic carbocycles. The second-order valence-electron chi connectivity index (χ2n) is 5.17. The van der Waals surface area contributed by atoms with Crippen molar-refractivity contribution >= 4 is 32.7 Å². The van der Waals surface area contributed by atoms with Crippen molar-refractivity contribution in [3.05, 3.63) is 70.7 Å². The summed E-state index contributed by atoms with van der Waals surface area (Å²) in [6, 6.07) is 19.1. The number of rotatable bonds is 4. The Morgan fingerprint density at radius 1 is 1.00 bits per heavy atom. The molecule has 0 aliphatic heterocycles. The van der Waals surface area contributed by atoms with Crippen molar-refractivity contribution in [2.45, 2.75) is 6.92 Å². The molecule has 0 atom stereocenters.